The summed E-state index contributed by atoms with van der Waals surface area (Å²) in [4.78, 5) is 29.2. The Bertz CT molecular complexity index is 1260. The summed E-state index contributed by atoms with van der Waals surface area (Å²) in [5.41, 5.74) is 1.28. The van der Waals surface area contributed by atoms with E-state index < -0.39 is 12.0 Å². The number of fused-ring (bicyclic) bond motifs is 1. The number of benzene rings is 2. The molecule has 4 rings (SSSR count). The van der Waals surface area contributed by atoms with E-state index in [9.17, 15) is 9.59 Å². The van der Waals surface area contributed by atoms with E-state index in [0.717, 1.165) is 10.8 Å². The maximum Gasteiger partial charge on any atom is 0.376 e. The minimum Gasteiger partial charge on any atom is -0.460 e. The van der Waals surface area contributed by atoms with Crippen LogP contribution >= 0.6 is 11.6 Å². The van der Waals surface area contributed by atoms with Gasteiger partial charge >= 0.3 is 12.0 Å². The van der Waals surface area contributed by atoms with Gasteiger partial charge in [-0.1, -0.05) is 48.0 Å². The van der Waals surface area contributed by atoms with Crippen molar-refractivity contribution < 1.29 is 18.7 Å². The third-order valence-electron chi connectivity index (χ3n) is 4.50. The molecule has 2 heterocycles. The number of rotatable bonds is 5. The van der Waals surface area contributed by atoms with E-state index in [1.807, 2.05) is 24.3 Å². The molecule has 156 valence electrons. The molecule has 8 heteroatoms. The van der Waals surface area contributed by atoms with Crippen molar-refractivity contribution in [1.82, 2.24) is 4.98 Å². The quantitative estimate of drug-likeness (QED) is 0.377. The number of esters is 1. The Morgan fingerprint density at radius 2 is 1.77 bits per heavy atom. The summed E-state index contributed by atoms with van der Waals surface area (Å²) in [6.45, 7) is 1.84. The molecule has 7 nitrogen and oxygen atoms in total. The van der Waals surface area contributed by atoms with Crippen LogP contribution in [0.5, 0.6) is 0 Å². The number of carbonyl (C=O) groups is 2. The molecule has 2 N–H and O–H groups in total. The molecule has 0 saturated carbocycles. The Morgan fingerprint density at radius 3 is 2.58 bits per heavy atom. The van der Waals surface area contributed by atoms with Gasteiger partial charge in [0.05, 0.1) is 29.2 Å². The molecule has 4 aromatic rings. The summed E-state index contributed by atoms with van der Waals surface area (Å²) in [5, 5.41) is 7.59. The molecule has 2 aromatic carbocycles. The molecule has 0 spiro atoms. The number of hydrogen-bond donors (Lipinski definition) is 2. The van der Waals surface area contributed by atoms with E-state index in [1.165, 1.54) is 6.07 Å². The number of halogens is 1. The fourth-order valence-electron chi connectivity index (χ4n) is 3.12. The molecule has 0 aliphatic rings. The zero-order valence-corrected chi connectivity index (χ0v) is 17.3. The number of amides is 2. The normalized spacial score (nSPS) is 10.6. The van der Waals surface area contributed by atoms with Crippen LogP contribution in [0.3, 0.4) is 0 Å². The number of pyridine rings is 1. The number of anilines is 2. The van der Waals surface area contributed by atoms with Crippen LogP contribution in [0.1, 0.15) is 17.5 Å². The van der Waals surface area contributed by atoms with Gasteiger partial charge in [-0.25, -0.2) is 9.59 Å². The minimum atomic E-state index is -0.692. The fraction of sp³-hybridized carbons (Fsp3) is 0.0870. The Hall–Kier alpha value is -3.84. The standard InChI is InChI=1S/C23H18ClN3O4/c1-2-30-22(28)21-18(11-20(31-21)16-9-5-6-10-17(16)24)26-23(29)27-19-13-25-12-14-7-3-4-8-15(14)19/h3-13H,2H2,1H3,(H2,26,27,29). The zero-order chi connectivity index (χ0) is 21.8. The lowest BCUT2D eigenvalue weighted by molar-refractivity contribution is 0.0492. The molecule has 0 fully saturated rings. The van der Waals surface area contributed by atoms with Gasteiger partial charge in [-0.15, -0.1) is 0 Å². The van der Waals surface area contributed by atoms with E-state index in [0.29, 0.717) is 22.0 Å². The van der Waals surface area contributed by atoms with E-state index in [2.05, 4.69) is 15.6 Å². The van der Waals surface area contributed by atoms with Crippen molar-refractivity contribution in [3.05, 3.63) is 77.8 Å². The van der Waals surface area contributed by atoms with Gasteiger partial charge in [-0.2, -0.15) is 0 Å². The van der Waals surface area contributed by atoms with E-state index in [-0.39, 0.29) is 18.1 Å². The topological polar surface area (TPSA) is 93.5 Å². The lowest BCUT2D eigenvalue weighted by Crippen LogP contribution is -2.21. The van der Waals surface area contributed by atoms with Gasteiger partial charge in [0, 0.05) is 28.6 Å². The summed E-state index contributed by atoms with van der Waals surface area (Å²) in [7, 11) is 0. The van der Waals surface area contributed by atoms with Crippen LogP contribution in [-0.2, 0) is 4.74 Å². The van der Waals surface area contributed by atoms with Crippen molar-refractivity contribution in [3.63, 3.8) is 0 Å². The monoisotopic (exact) mass is 435 g/mol. The average molecular weight is 436 g/mol. The van der Waals surface area contributed by atoms with Crippen molar-refractivity contribution in [2.45, 2.75) is 6.92 Å². The Morgan fingerprint density at radius 1 is 1.03 bits per heavy atom. The SMILES string of the molecule is CCOC(=O)c1oc(-c2ccccc2Cl)cc1NC(=O)Nc1cncc2ccccc12. The van der Waals surface area contributed by atoms with Crippen LogP contribution in [0.25, 0.3) is 22.1 Å². The molecule has 31 heavy (non-hydrogen) atoms. The smallest absolute Gasteiger partial charge is 0.376 e. The summed E-state index contributed by atoms with van der Waals surface area (Å²) < 4.78 is 10.8. The van der Waals surface area contributed by atoms with Gasteiger partial charge < -0.3 is 19.8 Å². The van der Waals surface area contributed by atoms with Crippen molar-refractivity contribution >= 4 is 45.7 Å². The molecule has 0 saturated heterocycles. The number of nitrogens with zero attached hydrogens (tertiary/aromatic N) is 1. The Kier molecular flexibility index (Phi) is 5.86. The number of furan rings is 1. The summed E-state index contributed by atoms with van der Waals surface area (Å²) in [6, 6.07) is 15.5. The van der Waals surface area contributed by atoms with Gasteiger partial charge in [-0.05, 0) is 19.1 Å². The molecule has 0 aliphatic heterocycles. The lowest BCUT2D eigenvalue weighted by atomic mass is 10.1. The molecule has 0 atom stereocenters. The Labute approximate surface area is 183 Å². The maximum atomic E-state index is 12.7. The highest BCUT2D eigenvalue weighted by atomic mass is 35.5. The average Bonchev–Trinajstić information content (AvgIpc) is 3.18. The molecule has 2 amide bonds. The van der Waals surface area contributed by atoms with E-state index in [1.54, 1.807) is 43.6 Å². The number of urea groups is 1. The summed E-state index contributed by atoms with van der Waals surface area (Å²) in [5.74, 6) is -0.485. The number of aromatic nitrogens is 1. The fourth-order valence-corrected chi connectivity index (χ4v) is 3.35. The molecule has 2 aromatic heterocycles. The summed E-state index contributed by atoms with van der Waals surface area (Å²) in [6.07, 6.45) is 3.27. The third kappa shape index (κ3) is 4.36. The third-order valence-corrected chi connectivity index (χ3v) is 4.83. The second-order valence-electron chi connectivity index (χ2n) is 6.54. The minimum absolute atomic E-state index is 0.122. The first-order chi connectivity index (χ1) is 15.1. The molecule has 0 radical (unpaired) electrons. The van der Waals surface area contributed by atoms with Crippen LogP contribution in [-0.4, -0.2) is 23.6 Å². The van der Waals surface area contributed by atoms with Crippen molar-refractivity contribution in [3.8, 4) is 11.3 Å². The highest BCUT2D eigenvalue weighted by molar-refractivity contribution is 6.33. The summed E-state index contributed by atoms with van der Waals surface area (Å²) >= 11 is 6.25. The van der Waals surface area contributed by atoms with Gasteiger partial charge in [0.2, 0.25) is 5.76 Å². The zero-order valence-electron chi connectivity index (χ0n) is 16.5. The van der Waals surface area contributed by atoms with Gasteiger partial charge in [0.1, 0.15) is 5.76 Å². The molecular weight excluding hydrogens is 418 g/mol. The van der Waals surface area contributed by atoms with Gasteiger partial charge in [0.25, 0.3) is 0 Å². The number of hydrogen-bond acceptors (Lipinski definition) is 5. The largest absolute Gasteiger partial charge is 0.460 e. The molecule has 0 bridgehead atoms. The van der Waals surface area contributed by atoms with Crippen LogP contribution in [0.15, 0.2) is 71.4 Å². The first kappa shape index (κ1) is 20.4. The highest BCUT2D eigenvalue weighted by Gasteiger charge is 2.23. The first-order valence-corrected chi connectivity index (χ1v) is 9.91. The van der Waals surface area contributed by atoms with Crippen molar-refractivity contribution in [2.24, 2.45) is 0 Å². The van der Waals surface area contributed by atoms with E-state index >= 15 is 0 Å². The number of carbonyl (C=O) groups excluding carboxylic acids is 2. The van der Waals surface area contributed by atoms with Crippen molar-refractivity contribution in [2.75, 3.05) is 17.2 Å². The van der Waals surface area contributed by atoms with Crippen molar-refractivity contribution in [1.29, 1.82) is 0 Å². The molecule has 0 aliphatic carbocycles. The van der Waals surface area contributed by atoms with Crippen LogP contribution in [0, 0.1) is 0 Å². The molecular formula is C23H18ClN3O4. The maximum absolute atomic E-state index is 12.7. The van der Waals surface area contributed by atoms with Crippen LogP contribution in [0.4, 0.5) is 16.2 Å². The first-order valence-electron chi connectivity index (χ1n) is 9.53. The van der Waals surface area contributed by atoms with Gasteiger partial charge in [-0.3, -0.25) is 4.98 Å². The van der Waals surface area contributed by atoms with E-state index in [4.69, 9.17) is 20.8 Å². The van der Waals surface area contributed by atoms with Crippen LogP contribution in [0.2, 0.25) is 5.02 Å². The predicted octanol–water partition coefficient (Wildman–Crippen LogP) is 5.97. The highest BCUT2D eigenvalue weighted by Crippen LogP contribution is 2.34. The second-order valence-corrected chi connectivity index (χ2v) is 6.95. The number of ether oxygens (including phenoxy) is 1. The molecule has 0 unspecified atom stereocenters. The van der Waals surface area contributed by atoms with Gasteiger partial charge in [0.15, 0.2) is 0 Å². The Balaban J connectivity index is 1.64. The second kappa shape index (κ2) is 8.89. The lowest BCUT2D eigenvalue weighted by Gasteiger charge is -2.09. The predicted molar refractivity (Wildman–Crippen MR) is 119 cm³/mol. The number of nitrogens with one attached hydrogen (secondary N) is 2. The van der Waals surface area contributed by atoms with Crippen LogP contribution < -0.4 is 10.6 Å².